The van der Waals surface area contributed by atoms with Crippen LogP contribution in [0.1, 0.15) is 30.8 Å². The molecule has 2 unspecified atom stereocenters. The minimum Gasteiger partial charge on any atom is -0.321 e. The van der Waals surface area contributed by atoms with Crippen molar-refractivity contribution < 1.29 is 4.79 Å². The lowest BCUT2D eigenvalue weighted by molar-refractivity contribution is -0.130. The second kappa shape index (κ2) is 6.59. The third kappa shape index (κ3) is 2.90. The van der Waals surface area contributed by atoms with Crippen LogP contribution in [0.4, 0.5) is 0 Å². The van der Waals surface area contributed by atoms with E-state index in [9.17, 15) is 4.79 Å². The molecule has 0 bridgehead atoms. The van der Waals surface area contributed by atoms with Gasteiger partial charge in [-0.1, -0.05) is 13.0 Å². The zero-order valence-corrected chi connectivity index (χ0v) is 12.5. The van der Waals surface area contributed by atoms with Crippen LogP contribution in [0.15, 0.2) is 17.5 Å². The van der Waals surface area contributed by atoms with E-state index in [1.807, 2.05) is 22.7 Å². The topological polar surface area (TPSA) is 32.3 Å². The average Bonchev–Trinajstić information content (AvgIpc) is 2.99. The first kappa shape index (κ1) is 13.9. The molecule has 1 aliphatic rings. The van der Waals surface area contributed by atoms with E-state index < -0.39 is 0 Å². The number of carbonyl (C=O) groups is 1. The van der Waals surface area contributed by atoms with Crippen molar-refractivity contribution in [2.75, 3.05) is 18.6 Å². The van der Waals surface area contributed by atoms with Gasteiger partial charge in [0, 0.05) is 11.4 Å². The molecule has 1 aromatic rings. The van der Waals surface area contributed by atoms with E-state index in [-0.39, 0.29) is 18.1 Å². The second-order valence-corrected chi connectivity index (χ2v) is 6.39. The van der Waals surface area contributed by atoms with Crippen molar-refractivity contribution in [1.82, 2.24) is 10.2 Å². The summed E-state index contributed by atoms with van der Waals surface area (Å²) >= 11 is 3.55. The third-order valence-corrected chi connectivity index (χ3v) is 4.84. The molecule has 1 N–H and O–H groups in total. The first-order valence-electron chi connectivity index (χ1n) is 6.36. The number of hydrogen-bond donors (Lipinski definition) is 1. The molecular weight excluding hydrogens is 264 g/mol. The Bertz CT molecular complexity index is 380. The number of nitrogens with one attached hydrogen (secondary N) is 1. The lowest BCUT2D eigenvalue weighted by Gasteiger charge is -2.23. The van der Waals surface area contributed by atoms with Crippen LogP contribution in [0.25, 0.3) is 0 Å². The highest BCUT2D eigenvalue weighted by Gasteiger charge is 2.38. The maximum Gasteiger partial charge on any atom is 0.241 e. The lowest BCUT2D eigenvalue weighted by atomic mass is 10.2. The van der Waals surface area contributed by atoms with Crippen LogP contribution in [0.3, 0.4) is 0 Å². The Morgan fingerprint density at radius 1 is 1.56 bits per heavy atom. The number of hydrogen-bond acceptors (Lipinski definition) is 4. The van der Waals surface area contributed by atoms with Crippen LogP contribution in [0.2, 0.25) is 0 Å². The summed E-state index contributed by atoms with van der Waals surface area (Å²) in [6.45, 7) is 2.91. The van der Waals surface area contributed by atoms with Gasteiger partial charge in [0.05, 0.1) is 6.04 Å². The van der Waals surface area contributed by atoms with Gasteiger partial charge in [-0.2, -0.15) is 11.8 Å². The van der Waals surface area contributed by atoms with Crippen LogP contribution in [0, 0.1) is 0 Å². The number of thiophene rings is 1. The summed E-state index contributed by atoms with van der Waals surface area (Å²) < 4.78 is 0. The summed E-state index contributed by atoms with van der Waals surface area (Å²) in [7, 11) is 0. The fourth-order valence-corrected chi connectivity index (χ4v) is 3.49. The summed E-state index contributed by atoms with van der Waals surface area (Å²) in [5, 5.41) is 5.52. The van der Waals surface area contributed by atoms with Gasteiger partial charge in [0.1, 0.15) is 6.17 Å². The molecule has 1 aliphatic heterocycles. The van der Waals surface area contributed by atoms with Crippen LogP contribution in [-0.2, 0) is 4.79 Å². The van der Waals surface area contributed by atoms with Crippen LogP contribution >= 0.6 is 23.1 Å². The first-order chi connectivity index (χ1) is 8.77. The Morgan fingerprint density at radius 3 is 3.00 bits per heavy atom. The van der Waals surface area contributed by atoms with Crippen molar-refractivity contribution in [3.8, 4) is 0 Å². The normalized spacial score (nSPS) is 23.9. The van der Waals surface area contributed by atoms with Gasteiger partial charge >= 0.3 is 0 Å². The molecule has 2 atom stereocenters. The third-order valence-electron chi connectivity index (χ3n) is 3.22. The predicted octanol–water partition coefficient (Wildman–Crippen LogP) is 2.71. The number of rotatable bonds is 6. The van der Waals surface area contributed by atoms with E-state index in [0.29, 0.717) is 0 Å². The van der Waals surface area contributed by atoms with Gasteiger partial charge < -0.3 is 4.90 Å². The molecule has 1 aromatic heterocycles. The van der Waals surface area contributed by atoms with Crippen LogP contribution in [0.5, 0.6) is 0 Å². The van der Waals surface area contributed by atoms with Crippen LogP contribution in [-0.4, -0.2) is 35.4 Å². The highest BCUT2D eigenvalue weighted by Crippen LogP contribution is 2.29. The fourth-order valence-electron chi connectivity index (χ4n) is 2.27. The summed E-state index contributed by atoms with van der Waals surface area (Å²) in [5.74, 6) is 1.37. The number of amides is 1. The van der Waals surface area contributed by atoms with Gasteiger partial charge in [-0.3, -0.25) is 10.1 Å². The van der Waals surface area contributed by atoms with E-state index in [2.05, 4.69) is 29.9 Å². The molecule has 2 rings (SSSR count). The lowest BCUT2D eigenvalue weighted by Crippen LogP contribution is -2.31. The fraction of sp³-hybridized carbons (Fsp3) is 0.615. The summed E-state index contributed by atoms with van der Waals surface area (Å²) in [6, 6.07) is 4.15. The monoisotopic (exact) mass is 284 g/mol. The molecule has 3 nitrogen and oxygen atoms in total. The Hall–Kier alpha value is -0.520. The Kier molecular flexibility index (Phi) is 5.09. The van der Waals surface area contributed by atoms with Gasteiger partial charge in [-0.05, 0) is 36.3 Å². The van der Waals surface area contributed by atoms with E-state index in [1.54, 1.807) is 11.3 Å². The molecule has 100 valence electrons. The van der Waals surface area contributed by atoms with Gasteiger partial charge in [-0.15, -0.1) is 11.3 Å². The van der Waals surface area contributed by atoms with E-state index in [1.165, 1.54) is 4.88 Å². The number of carbonyl (C=O) groups excluding carboxylic acids is 1. The van der Waals surface area contributed by atoms with Crippen molar-refractivity contribution in [1.29, 1.82) is 0 Å². The van der Waals surface area contributed by atoms with Crippen LogP contribution < -0.4 is 5.32 Å². The highest BCUT2D eigenvalue weighted by atomic mass is 32.2. The molecule has 0 aliphatic carbocycles. The van der Waals surface area contributed by atoms with E-state index in [0.717, 1.165) is 25.1 Å². The quantitative estimate of drug-likeness (QED) is 0.815. The molecule has 1 saturated heterocycles. The first-order valence-corrected chi connectivity index (χ1v) is 8.64. The Labute approximate surface area is 117 Å². The minimum atomic E-state index is -0.00798. The van der Waals surface area contributed by atoms with E-state index in [4.69, 9.17) is 0 Å². The number of nitrogens with zero attached hydrogens (tertiary/aromatic N) is 1. The van der Waals surface area contributed by atoms with Gasteiger partial charge in [0.25, 0.3) is 0 Å². The average molecular weight is 284 g/mol. The predicted molar refractivity (Wildman–Crippen MR) is 79.0 cm³/mol. The molecule has 0 spiro atoms. The molecule has 0 saturated carbocycles. The van der Waals surface area contributed by atoms with Gasteiger partial charge in [-0.25, -0.2) is 0 Å². The maximum absolute atomic E-state index is 12.3. The van der Waals surface area contributed by atoms with Crippen molar-refractivity contribution in [3.63, 3.8) is 0 Å². The zero-order valence-electron chi connectivity index (χ0n) is 10.9. The highest BCUT2D eigenvalue weighted by molar-refractivity contribution is 7.98. The standard InChI is InChI=1S/C13H20N2OS2/c1-3-10-13(16)15(7-5-8-17-2)12(14-10)11-6-4-9-18-11/h4,6,9-10,12,14H,3,5,7-8H2,1-2H3. The van der Waals surface area contributed by atoms with Crippen molar-refractivity contribution >= 4 is 29.0 Å². The molecule has 0 radical (unpaired) electrons. The molecule has 5 heteroatoms. The Morgan fingerprint density at radius 2 is 2.39 bits per heavy atom. The molecule has 1 fully saturated rings. The molecular formula is C13H20N2OS2. The zero-order chi connectivity index (χ0) is 13.0. The SMILES string of the molecule is CCC1NC(c2cccs2)N(CCCSC)C1=O. The Balaban J connectivity index is 2.08. The molecule has 0 aromatic carbocycles. The molecule has 2 heterocycles. The van der Waals surface area contributed by atoms with Crippen molar-refractivity contribution in [2.24, 2.45) is 0 Å². The van der Waals surface area contributed by atoms with Gasteiger partial charge in [0.15, 0.2) is 0 Å². The maximum atomic E-state index is 12.3. The van der Waals surface area contributed by atoms with Crippen molar-refractivity contribution in [3.05, 3.63) is 22.4 Å². The minimum absolute atomic E-state index is 0.00798. The smallest absolute Gasteiger partial charge is 0.241 e. The second-order valence-electron chi connectivity index (χ2n) is 4.42. The largest absolute Gasteiger partial charge is 0.321 e. The summed E-state index contributed by atoms with van der Waals surface area (Å²) in [4.78, 5) is 15.5. The number of thioether (sulfide) groups is 1. The van der Waals surface area contributed by atoms with Gasteiger partial charge in [0.2, 0.25) is 5.91 Å². The van der Waals surface area contributed by atoms with Crippen molar-refractivity contribution in [2.45, 2.75) is 32.0 Å². The molecule has 18 heavy (non-hydrogen) atoms. The summed E-state index contributed by atoms with van der Waals surface area (Å²) in [5.41, 5.74) is 0. The summed E-state index contributed by atoms with van der Waals surface area (Å²) in [6.07, 6.45) is 4.12. The van der Waals surface area contributed by atoms with E-state index >= 15 is 0 Å². The molecule has 1 amide bonds.